The van der Waals surface area contributed by atoms with Gasteiger partial charge in [0.05, 0.1) is 34.2 Å². The van der Waals surface area contributed by atoms with Crippen LogP contribution >= 0.6 is 0 Å². The highest BCUT2D eigenvalue weighted by atomic mass is 32.2. The van der Waals surface area contributed by atoms with Crippen LogP contribution in [0.25, 0.3) is 0 Å². The first-order valence-corrected chi connectivity index (χ1v) is 10.8. The van der Waals surface area contributed by atoms with E-state index < -0.39 is 43.5 Å². The number of sulfonamides is 1. The second kappa shape index (κ2) is 6.32. The first-order valence-electron chi connectivity index (χ1n) is 7.54. The Hall–Kier alpha value is -2.10. The fourth-order valence-corrected chi connectivity index (χ4v) is 6.43. The van der Waals surface area contributed by atoms with E-state index in [9.17, 15) is 21.9 Å². The Balaban J connectivity index is 2.15. The van der Waals surface area contributed by atoms with Crippen LogP contribution in [0.1, 0.15) is 0 Å². The van der Waals surface area contributed by atoms with E-state index >= 15 is 0 Å². The van der Waals surface area contributed by atoms with Gasteiger partial charge in [0.25, 0.3) is 10.0 Å². The Kier molecular flexibility index (Phi) is 4.48. The SMILES string of the molecule is Nc1ccc(N([C@H]2CS(=O)(=O)C[C@H]2O)S(=O)(=O)c2ccccc2)cc1. The van der Waals surface area contributed by atoms with Gasteiger partial charge in [0, 0.05) is 5.69 Å². The average Bonchev–Trinajstić information content (AvgIpc) is 2.83. The maximum Gasteiger partial charge on any atom is 0.264 e. The molecule has 9 heteroatoms. The third-order valence-electron chi connectivity index (χ3n) is 4.04. The first kappa shape index (κ1) is 17.7. The summed E-state index contributed by atoms with van der Waals surface area (Å²) in [6.45, 7) is 0. The minimum atomic E-state index is -4.07. The fraction of sp³-hybridized carbons (Fsp3) is 0.250. The van der Waals surface area contributed by atoms with Crippen molar-refractivity contribution < 1.29 is 21.9 Å². The van der Waals surface area contributed by atoms with Gasteiger partial charge in [-0.25, -0.2) is 16.8 Å². The van der Waals surface area contributed by atoms with Crippen LogP contribution in [-0.2, 0) is 19.9 Å². The van der Waals surface area contributed by atoms with E-state index in [1.54, 1.807) is 18.2 Å². The molecule has 2 aromatic rings. The molecule has 3 N–H and O–H groups in total. The van der Waals surface area contributed by atoms with Gasteiger partial charge in [0.1, 0.15) is 0 Å². The molecular weight excluding hydrogens is 364 g/mol. The van der Waals surface area contributed by atoms with Crippen molar-refractivity contribution >= 4 is 31.2 Å². The molecule has 25 heavy (non-hydrogen) atoms. The molecule has 2 atom stereocenters. The van der Waals surface area contributed by atoms with E-state index in [1.165, 1.54) is 36.4 Å². The number of hydrogen-bond acceptors (Lipinski definition) is 6. The Bertz CT molecular complexity index is 957. The predicted octanol–water partition coefficient (Wildman–Crippen LogP) is 0.622. The van der Waals surface area contributed by atoms with Crippen LogP contribution in [-0.4, -0.2) is 45.6 Å². The van der Waals surface area contributed by atoms with Gasteiger partial charge in [-0.05, 0) is 36.4 Å². The van der Waals surface area contributed by atoms with Gasteiger partial charge < -0.3 is 10.8 Å². The van der Waals surface area contributed by atoms with Gasteiger partial charge in [0.2, 0.25) is 0 Å². The Morgan fingerprint density at radius 3 is 2.12 bits per heavy atom. The van der Waals surface area contributed by atoms with Crippen molar-refractivity contribution in [2.45, 2.75) is 17.0 Å². The molecule has 3 rings (SSSR count). The van der Waals surface area contributed by atoms with Gasteiger partial charge in [0.15, 0.2) is 9.84 Å². The molecule has 1 saturated heterocycles. The lowest BCUT2D eigenvalue weighted by Gasteiger charge is -2.31. The van der Waals surface area contributed by atoms with Crippen LogP contribution in [0.5, 0.6) is 0 Å². The summed E-state index contributed by atoms with van der Waals surface area (Å²) in [5, 5.41) is 10.2. The zero-order valence-electron chi connectivity index (χ0n) is 13.2. The van der Waals surface area contributed by atoms with Crippen LogP contribution in [0.15, 0.2) is 59.5 Å². The molecule has 7 nitrogen and oxygen atoms in total. The van der Waals surface area contributed by atoms with Crippen molar-refractivity contribution in [3.63, 3.8) is 0 Å². The maximum atomic E-state index is 13.2. The number of rotatable bonds is 4. The lowest BCUT2D eigenvalue weighted by Crippen LogP contribution is -2.47. The van der Waals surface area contributed by atoms with E-state index in [4.69, 9.17) is 5.73 Å². The van der Waals surface area contributed by atoms with Crippen molar-refractivity contribution in [3.05, 3.63) is 54.6 Å². The molecule has 0 aromatic heterocycles. The molecule has 0 spiro atoms. The number of sulfone groups is 1. The van der Waals surface area contributed by atoms with Gasteiger partial charge >= 0.3 is 0 Å². The third-order valence-corrected chi connectivity index (χ3v) is 7.61. The zero-order valence-corrected chi connectivity index (χ0v) is 14.8. The van der Waals surface area contributed by atoms with Crippen molar-refractivity contribution in [2.75, 3.05) is 21.5 Å². The Morgan fingerprint density at radius 1 is 1.00 bits per heavy atom. The van der Waals surface area contributed by atoms with Gasteiger partial charge in [-0.2, -0.15) is 0 Å². The number of hydrogen-bond donors (Lipinski definition) is 2. The van der Waals surface area contributed by atoms with E-state index in [2.05, 4.69) is 0 Å². The number of nitrogens with zero attached hydrogens (tertiary/aromatic N) is 1. The van der Waals surface area contributed by atoms with Crippen LogP contribution in [0, 0.1) is 0 Å². The molecule has 1 aliphatic rings. The highest BCUT2D eigenvalue weighted by Crippen LogP contribution is 2.31. The fourth-order valence-electron chi connectivity index (χ4n) is 2.87. The molecule has 0 saturated carbocycles. The van der Waals surface area contributed by atoms with E-state index in [1.807, 2.05) is 0 Å². The highest BCUT2D eigenvalue weighted by molar-refractivity contribution is 7.93. The molecule has 0 unspecified atom stereocenters. The normalized spacial score (nSPS) is 22.6. The third kappa shape index (κ3) is 3.48. The van der Waals surface area contributed by atoms with E-state index in [0.29, 0.717) is 5.69 Å². The lowest BCUT2D eigenvalue weighted by molar-refractivity contribution is 0.184. The number of anilines is 2. The largest absolute Gasteiger partial charge is 0.399 e. The van der Waals surface area contributed by atoms with Crippen molar-refractivity contribution in [3.8, 4) is 0 Å². The average molecular weight is 382 g/mol. The molecule has 134 valence electrons. The summed E-state index contributed by atoms with van der Waals surface area (Å²) in [6.07, 6.45) is -1.30. The van der Waals surface area contributed by atoms with Crippen molar-refractivity contribution in [2.24, 2.45) is 0 Å². The minimum absolute atomic E-state index is 0.0170. The summed E-state index contributed by atoms with van der Waals surface area (Å²) in [5.41, 5.74) is 6.35. The van der Waals surface area contributed by atoms with Gasteiger partial charge in [-0.1, -0.05) is 18.2 Å². The molecule has 2 aromatic carbocycles. The number of benzene rings is 2. The minimum Gasteiger partial charge on any atom is -0.399 e. The first-order chi connectivity index (χ1) is 11.7. The summed E-state index contributed by atoms with van der Waals surface area (Å²) in [5.74, 6) is -0.905. The van der Waals surface area contributed by atoms with Gasteiger partial charge in [-0.15, -0.1) is 0 Å². The molecular formula is C16H18N2O5S2. The smallest absolute Gasteiger partial charge is 0.264 e. The summed E-state index contributed by atoms with van der Waals surface area (Å²) < 4.78 is 51.1. The van der Waals surface area contributed by atoms with Crippen LogP contribution in [0.2, 0.25) is 0 Å². The number of aliphatic hydroxyl groups excluding tert-OH is 1. The summed E-state index contributed by atoms with van der Waals surface area (Å²) in [7, 11) is -7.59. The Labute approximate surface area is 146 Å². The number of nitrogen functional groups attached to an aromatic ring is 1. The molecule has 1 heterocycles. The van der Waals surface area contributed by atoms with Crippen LogP contribution in [0.3, 0.4) is 0 Å². The standard InChI is InChI=1S/C16H18N2O5S2/c17-12-6-8-13(9-7-12)18(15-10-24(20,21)11-16(15)19)25(22,23)14-4-2-1-3-5-14/h1-9,15-16,19H,10-11,17H2/t15-,16+/m0/s1. The summed E-state index contributed by atoms with van der Waals surface area (Å²) in [6, 6.07) is 12.6. The predicted molar refractivity (Wildman–Crippen MR) is 95.4 cm³/mol. The monoisotopic (exact) mass is 382 g/mol. The summed E-state index contributed by atoms with van der Waals surface area (Å²) in [4.78, 5) is 0.0170. The van der Waals surface area contributed by atoms with Gasteiger partial charge in [-0.3, -0.25) is 4.31 Å². The van der Waals surface area contributed by atoms with Crippen molar-refractivity contribution in [1.29, 1.82) is 0 Å². The molecule has 0 bridgehead atoms. The topological polar surface area (TPSA) is 118 Å². The Morgan fingerprint density at radius 2 is 1.60 bits per heavy atom. The van der Waals surface area contributed by atoms with Crippen LogP contribution in [0.4, 0.5) is 11.4 Å². The quantitative estimate of drug-likeness (QED) is 0.749. The maximum absolute atomic E-state index is 13.2. The molecule has 0 aliphatic carbocycles. The van der Waals surface area contributed by atoms with Crippen molar-refractivity contribution in [1.82, 2.24) is 0 Å². The lowest BCUT2D eigenvalue weighted by atomic mass is 10.2. The van der Waals surface area contributed by atoms with E-state index in [0.717, 1.165) is 4.31 Å². The molecule has 1 fully saturated rings. The second-order valence-corrected chi connectivity index (χ2v) is 9.89. The highest BCUT2D eigenvalue weighted by Gasteiger charge is 2.44. The zero-order chi connectivity index (χ0) is 18.2. The molecule has 1 aliphatic heterocycles. The summed E-state index contributed by atoms with van der Waals surface area (Å²) >= 11 is 0. The number of nitrogens with two attached hydrogens (primary N) is 1. The number of aliphatic hydroxyl groups is 1. The van der Waals surface area contributed by atoms with Crippen LogP contribution < -0.4 is 10.0 Å². The molecule has 0 radical (unpaired) electrons. The van der Waals surface area contributed by atoms with E-state index in [-0.39, 0.29) is 10.6 Å². The second-order valence-electron chi connectivity index (χ2n) is 5.92. The molecule has 0 amide bonds.